The van der Waals surface area contributed by atoms with E-state index in [0.29, 0.717) is 13.2 Å². The van der Waals surface area contributed by atoms with E-state index in [1.54, 1.807) is 0 Å². The number of morpholine rings is 1. The molecule has 1 N–H and O–H groups in total. The fourth-order valence-electron chi connectivity index (χ4n) is 2.76. The SMILES string of the molecule is Cc1ccc(C(CNS(=O)(=O)N(C)CCC#N)N2CCOCC2)cc1. The lowest BCUT2D eigenvalue weighted by molar-refractivity contribution is 0.0171. The summed E-state index contributed by atoms with van der Waals surface area (Å²) in [4.78, 5) is 2.24. The summed E-state index contributed by atoms with van der Waals surface area (Å²) >= 11 is 0. The van der Waals surface area contributed by atoms with Crippen LogP contribution in [0.25, 0.3) is 0 Å². The second-order valence-electron chi connectivity index (χ2n) is 6.16. The zero-order chi connectivity index (χ0) is 18.3. The Morgan fingerprint density at radius 2 is 1.96 bits per heavy atom. The van der Waals surface area contributed by atoms with Gasteiger partial charge in [0.25, 0.3) is 10.2 Å². The second-order valence-corrected chi connectivity index (χ2v) is 8.02. The minimum absolute atomic E-state index is 0.0522. The van der Waals surface area contributed by atoms with Crippen LogP contribution in [0.3, 0.4) is 0 Å². The molecule has 0 bridgehead atoms. The van der Waals surface area contributed by atoms with Crippen LogP contribution in [0.1, 0.15) is 23.6 Å². The Hall–Kier alpha value is -1.50. The summed E-state index contributed by atoms with van der Waals surface area (Å²) in [7, 11) is -2.13. The Balaban J connectivity index is 2.10. The summed E-state index contributed by atoms with van der Waals surface area (Å²) in [6, 6.07) is 10.1. The molecule has 0 aliphatic carbocycles. The second kappa shape index (κ2) is 9.27. The molecule has 1 heterocycles. The van der Waals surface area contributed by atoms with Crippen molar-refractivity contribution in [2.24, 2.45) is 0 Å². The maximum Gasteiger partial charge on any atom is 0.279 e. The van der Waals surface area contributed by atoms with Crippen molar-refractivity contribution in [3.8, 4) is 6.07 Å². The van der Waals surface area contributed by atoms with E-state index in [4.69, 9.17) is 10.00 Å². The highest BCUT2D eigenvalue weighted by Gasteiger charge is 2.25. The lowest BCUT2D eigenvalue weighted by Crippen LogP contribution is -2.46. The summed E-state index contributed by atoms with van der Waals surface area (Å²) in [6.07, 6.45) is 0.169. The lowest BCUT2D eigenvalue weighted by atomic mass is 10.0. The molecule has 138 valence electrons. The molecule has 1 atom stereocenters. The molecular formula is C17H26N4O3S. The van der Waals surface area contributed by atoms with E-state index in [2.05, 4.69) is 9.62 Å². The minimum Gasteiger partial charge on any atom is -0.379 e. The minimum atomic E-state index is -3.61. The van der Waals surface area contributed by atoms with Crippen molar-refractivity contribution in [3.05, 3.63) is 35.4 Å². The molecule has 0 aromatic heterocycles. The van der Waals surface area contributed by atoms with Crippen LogP contribution in [0.5, 0.6) is 0 Å². The zero-order valence-corrected chi connectivity index (χ0v) is 15.6. The van der Waals surface area contributed by atoms with Crippen LogP contribution in [0, 0.1) is 18.3 Å². The number of nitrogens with zero attached hydrogens (tertiary/aromatic N) is 3. The highest BCUT2D eigenvalue weighted by molar-refractivity contribution is 7.87. The van der Waals surface area contributed by atoms with Gasteiger partial charge in [0.2, 0.25) is 0 Å². The molecule has 1 aromatic carbocycles. The summed E-state index contributed by atoms with van der Waals surface area (Å²) in [5, 5.41) is 8.63. The third-order valence-corrected chi connectivity index (χ3v) is 5.89. The van der Waals surface area contributed by atoms with E-state index in [1.807, 2.05) is 37.3 Å². The molecular weight excluding hydrogens is 340 g/mol. The fourth-order valence-corrected chi connectivity index (χ4v) is 3.68. The highest BCUT2D eigenvalue weighted by Crippen LogP contribution is 2.22. The topological polar surface area (TPSA) is 85.7 Å². The summed E-state index contributed by atoms with van der Waals surface area (Å²) in [5.74, 6) is 0. The summed E-state index contributed by atoms with van der Waals surface area (Å²) in [5.41, 5.74) is 2.25. The van der Waals surface area contributed by atoms with Crippen molar-refractivity contribution < 1.29 is 13.2 Å². The number of hydrogen-bond acceptors (Lipinski definition) is 5. The molecule has 8 heteroatoms. The standard InChI is InChI=1S/C17H26N4O3S/c1-15-4-6-16(7-5-15)17(21-10-12-24-13-11-21)14-19-25(22,23)20(2)9-3-8-18/h4-7,17,19H,3,9-14H2,1-2H3. The van der Waals surface area contributed by atoms with E-state index in [1.165, 1.54) is 16.9 Å². The number of hydrogen-bond donors (Lipinski definition) is 1. The van der Waals surface area contributed by atoms with Gasteiger partial charge in [-0.2, -0.15) is 18.0 Å². The van der Waals surface area contributed by atoms with Crippen LogP contribution in [-0.4, -0.2) is 64.1 Å². The lowest BCUT2D eigenvalue weighted by Gasteiger charge is -2.35. The Labute approximate surface area is 150 Å². The maximum absolute atomic E-state index is 12.4. The van der Waals surface area contributed by atoms with E-state index >= 15 is 0 Å². The van der Waals surface area contributed by atoms with Crippen molar-refractivity contribution in [1.82, 2.24) is 13.9 Å². The van der Waals surface area contributed by atoms with Crippen molar-refractivity contribution in [3.63, 3.8) is 0 Å². The van der Waals surface area contributed by atoms with Gasteiger partial charge in [0.1, 0.15) is 0 Å². The molecule has 1 aliphatic heterocycles. The van der Waals surface area contributed by atoms with Gasteiger partial charge in [0.05, 0.1) is 19.3 Å². The van der Waals surface area contributed by atoms with Crippen LogP contribution >= 0.6 is 0 Å². The first-order valence-electron chi connectivity index (χ1n) is 8.40. The Morgan fingerprint density at radius 1 is 1.32 bits per heavy atom. The van der Waals surface area contributed by atoms with Crippen LogP contribution < -0.4 is 4.72 Å². The molecule has 1 aliphatic rings. The first-order valence-corrected chi connectivity index (χ1v) is 9.84. The van der Waals surface area contributed by atoms with Crippen molar-refractivity contribution in [2.75, 3.05) is 46.4 Å². The Morgan fingerprint density at radius 3 is 2.56 bits per heavy atom. The van der Waals surface area contributed by atoms with Gasteiger partial charge in [-0.3, -0.25) is 4.90 Å². The Kier molecular flexibility index (Phi) is 7.35. The van der Waals surface area contributed by atoms with Gasteiger partial charge in [-0.15, -0.1) is 0 Å². The van der Waals surface area contributed by atoms with Crippen molar-refractivity contribution >= 4 is 10.2 Å². The average molecular weight is 366 g/mol. The molecule has 1 saturated heterocycles. The van der Waals surface area contributed by atoms with Gasteiger partial charge in [0.15, 0.2) is 0 Å². The van der Waals surface area contributed by atoms with Crippen LogP contribution in [0.2, 0.25) is 0 Å². The molecule has 0 radical (unpaired) electrons. The van der Waals surface area contributed by atoms with E-state index in [-0.39, 0.29) is 25.6 Å². The summed E-state index contributed by atoms with van der Waals surface area (Å²) in [6.45, 7) is 5.32. The molecule has 0 spiro atoms. The number of rotatable bonds is 8. The van der Waals surface area contributed by atoms with Crippen molar-refractivity contribution in [2.45, 2.75) is 19.4 Å². The van der Waals surface area contributed by atoms with E-state index < -0.39 is 10.2 Å². The largest absolute Gasteiger partial charge is 0.379 e. The van der Waals surface area contributed by atoms with Gasteiger partial charge in [-0.25, -0.2) is 4.72 Å². The molecule has 1 fully saturated rings. The normalized spacial score (nSPS) is 17.4. The van der Waals surface area contributed by atoms with Gasteiger partial charge in [-0.05, 0) is 12.5 Å². The molecule has 2 rings (SSSR count). The first kappa shape index (κ1) is 19.8. The van der Waals surface area contributed by atoms with Gasteiger partial charge in [0, 0.05) is 45.7 Å². The van der Waals surface area contributed by atoms with E-state index in [9.17, 15) is 8.42 Å². The number of ether oxygens (including phenoxy) is 1. The predicted octanol–water partition coefficient (Wildman–Crippen LogP) is 1.05. The highest BCUT2D eigenvalue weighted by atomic mass is 32.2. The molecule has 25 heavy (non-hydrogen) atoms. The van der Waals surface area contributed by atoms with Gasteiger partial charge in [-0.1, -0.05) is 29.8 Å². The smallest absolute Gasteiger partial charge is 0.279 e. The van der Waals surface area contributed by atoms with Gasteiger partial charge < -0.3 is 4.74 Å². The van der Waals surface area contributed by atoms with Crippen LogP contribution in [0.4, 0.5) is 0 Å². The quantitative estimate of drug-likeness (QED) is 0.743. The number of aryl methyl sites for hydroxylation is 1. The van der Waals surface area contributed by atoms with Crippen LogP contribution in [-0.2, 0) is 14.9 Å². The first-order chi connectivity index (χ1) is 11.9. The third-order valence-electron chi connectivity index (χ3n) is 4.36. The molecule has 0 saturated carbocycles. The predicted molar refractivity (Wildman–Crippen MR) is 96.1 cm³/mol. The number of nitriles is 1. The Bertz CT molecular complexity index is 679. The fraction of sp³-hybridized carbons (Fsp3) is 0.588. The number of benzene rings is 1. The summed E-state index contributed by atoms with van der Waals surface area (Å²) < 4.78 is 34.0. The molecule has 1 unspecified atom stereocenters. The van der Waals surface area contributed by atoms with Crippen molar-refractivity contribution in [1.29, 1.82) is 5.26 Å². The maximum atomic E-state index is 12.4. The monoisotopic (exact) mass is 366 g/mol. The molecule has 7 nitrogen and oxygen atoms in total. The van der Waals surface area contributed by atoms with E-state index in [0.717, 1.165) is 18.7 Å². The number of nitrogens with one attached hydrogen (secondary N) is 1. The average Bonchev–Trinajstić information content (AvgIpc) is 2.62. The molecule has 1 aromatic rings. The van der Waals surface area contributed by atoms with Gasteiger partial charge >= 0.3 is 0 Å². The molecule has 0 amide bonds. The third kappa shape index (κ3) is 5.76. The zero-order valence-electron chi connectivity index (χ0n) is 14.8. The van der Waals surface area contributed by atoms with Crippen LogP contribution in [0.15, 0.2) is 24.3 Å².